The molecule has 0 aromatic heterocycles. The molecular weight excluding hydrogens is 298 g/mol. The van der Waals surface area contributed by atoms with Gasteiger partial charge in [-0.15, -0.1) is 0 Å². The number of nitrogens with one attached hydrogen (secondary N) is 1. The first kappa shape index (κ1) is 21.3. The molecular formula is C16H37NO2SSi. The molecule has 0 aromatic rings. The van der Waals surface area contributed by atoms with Gasteiger partial charge in [-0.2, -0.15) is 0 Å². The van der Waals surface area contributed by atoms with Crippen LogP contribution in [0.2, 0.25) is 18.1 Å². The van der Waals surface area contributed by atoms with Crippen molar-refractivity contribution >= 4 is 19.3 Å². The Morgan fingerprint density at radius 2 is 1.48 bits per heavy atom. The van der Waals surface area contributed by atoms with E-state index < -0.39 is 19.3 Å². The predicted molar refractivity (Wildman–Crippen MR) is 97.4 cm³/mol. The maximum Gasteiger partial charge on any atom is 0.192 e. The maximum atomic E-state index is 12.5. The molecule has 3 nitrogen and oxygen atoms in total. The lowest BCUT2D eigenvalue weighted by molar-refractivity contribution is 0.160. The van der Waals surface area contributed by atoms with Crippen molar-refractivity contribution in [1.82, 2.24) is 4.72 Å². The summed E-state index contributed by atoms with van der Waals surface area (Å²) in [6.07, 6.45) is 0. The molecule has 0 bridgehead atoms. The first-order valence-corrected chi connectivity index (χ1v) is 11.9. The highest BCUT2D eigenvalue weighted by molar-refractivity contribution is 7.84. The lowest BCUT2D eigenvalue weighted by Gasteiger charge is -2.42. The van der Waals surface area contributed by atoms with Crippen LogP contribution in [0.25, 0.3) is 0 Å². The topological polar surface area (TPSA) is 38.3 Å². The molecule has 21 heavy (non-hydrogen) atoms. The summed E-state index contributed by atoms with van der Waals surface area (Å²) >= 11 is 0. The molecule has 0 saturated carbocycles. The Labute approximate surface area is 136 Å². The molecule has 0 spiro atoms. The van der Waals surface area contributed by atoms with Crippen LogP contribution in [-0.4, -0.2) is 29.4 Å². The largest absolute Gasteiger partial charge is 0.415 e. The molecule has 0 amide bonds. The number of hydrogen-bond donors (Lipinski definition) is 1. The number of rotatable bonds is 6. The minimum Gasteiger partial charge on any atom is -0.415 e. The van der Waals surface area contributed by atoms with E-state index in [0.29, 0.717) is 12.5 Å². The Balaban J connectivity index is 5.05. The van der Waals surface area contributed by atoms with Crippen LogP contribution in [0, 0.1) is 5.92 Å². The van der Waals surface area contributed by atoms with Gasteiger partial charge in [0.05, 0.1) is 27.9 Å². The van der Waals surface area contributed by atoms with E-state index in [9.17, 15) is 4.21 Å². The molecule has 0 heterocycles. The molecule has 0 aliphatic rings. The summed E-state index contributed by atoms with van der Waals surface area (Å²) in [5, 5.41) is 0.189. The molecule has 0 rings (SSSR count). The smallest absolute Gasteiger partial charge is 0.192 e. The summed E-state index contributed by atoms with van der Waals surface area (Å²) in [6.45, 7) is 24.2. The lowest BCUT2D eigenvalue weighted by atomic mass is 9.91. The Kier molecular flexibility index (Phi) is 6.90. The molecule has 0 aromatic carbocycles. The summed E-state index contributed by atoms with van der Waals surface area (Å²) < 4.78 is 21.9. The van der Waals surface area contributed by atoms with Crippen LogP contribution in [0.1, 0.15) is 62.3 Å². The fourth-order valence-electron chi connectivity index (χ4n) is 1.23. The highest BCUT2D eigenvalue weighted by atomic mass is 32.2. The van der Waals surface area contributed by atoms with Gasteiger partial charge in [-0.25, -0.2) is 8.93 Å². The second kappa shape index (κ2) is 6.81. The van der Waals surface area contributed by atoms with Gasteiger partial charge in [-0.05, 0) is 51.7 Å². The van der Waals surface area contributed by atoms with E-state index >= 15 is 0 Å². The van der Waals surface area contributed by atoms with Crippen molar-refractivity contribution in [2.75, 3.05) is 6.61 Å². The molecule has 0 fully saturated rings. The van der Waals surface area contributed by atoms with E-state index in [2.05, 4.69) is 59.4 Å². The summed E-state index contributed by atoms with van der Waals surface area (Å²) in [7, 11) is -2.89. The van der Waals surface area contributed by atoms with Gasteiger partial charge in [0.15, 0.2) is 8.32 Å². The van der Waals surface area contributed by atoms with Gasteiger partial charge in [-0.3, -0.25) is 0 Å². The minimum absolute atomic E-state index is 0.189. The Morgan fingerprint density at radius 3 is 1.76 bits per heavy atom. The van der Waals surface area contributed by atoms with Crippen LogP contribution in [0.4, 0.5) is 0 Å². The maximum absolute atomic E-state index is 12.5. The van der Waals surface area contributed by atoms with Crippen molar-refractivity contribution in [1.29, 1.82) is 0 Å². The first-order valence-electron chi connectivity index (χ1n) is 7.86. The molecule has 0 aliphatic carbocycles. The summed E-state index contributed by atoms with van der Waals surface area (Å²) in [6, 6.07) is 0. The van der Waals surface area contributed by atoms with Gasteiger partial charge in [0, 0.05) is 0 Å². The molecule has 0 unspecified atom stereocenters. The highest BCUT2D eigenvalue weighted by Gasteiger charge is 2.41. The van der Waals surface area contributed by atoms with Crippen LogP contribution in [0.5, 0.6) is 0 Å². The van der Waals surface area contributed by atoms with Crippen LogP contribution in [0.15, 0.2) is 0 Å². The normalized spacial score (nSPS) is 18.7. The van der Waals surface area contributed by atoms with E-state index in [-0.39, 0.29) is 15.3 Å². The summed E-state index contributed by atoms with van der Waals surface area (Å²) in [5.41, 5.74) is -0.284. The van der Waals surface area contributed by atoms with Gasteiger partial charge in [0.2, 0.25) is 0 Å². The van der Waals surface area contributed by atoms with Gasteiger partial charge in [0.1, 0.15) is 0 Å². The van der Waals surface area contributed by atoms with Crippen molar-refractivity contribution in [3.8, 4) is 0 Å². The van der Waals surface area contributed by atoms with Crippen LogP contribution in [0.3, 0.4) is 0 Å². The zero-order valence-corrected chi connectivity index (χ0v) is 17.8. The first-order chi connectivity index (χ1) is 9.03. The summed E-state index contributed by atoms with van der Waals surface area (Å²) in [4.78, 5) is 0. The van der Waals surface area contributed by atoms with Crippen LogP contribution >= 0.6 is 0 Å². The minimum atomic E-state index is -1.80. The third kappa shape index (κ3) is 6.12. The fraction of sp³-hybridized carbons (Fsp3) is 1.00. The lowest BCUT2D eigenvalue weighted by Crippen LogP contribution is -2.56. The van der Waals surface area contributed by atoms with Crippen molar-refractivity contribution < 1.29 is 8.63 Å². The summed E-state index contributed by atoms with van der Waals surface area (Å²) in [5.74, 6) is 0.341. The zero-order valence-electron chi connectivity index (χ0n) is 16.0. The monoisotopic (exact) mass is 335 g/mol. The third-order valence-electron chi connectivity index (χ3n) is 4.70. The van der Waals surface area contributed by atoms with E-state index in [1.54, 1.807) is 0 Å². The second-order valence-corrected chi connectivity index (χ2v) is 15.9. The van der Waals surface area contributed by atoms with E-state index in [1.807, 2.05) is 20.8 Å². The molecule has 2 atom stereocenters. The second-order valence-electron chi connectivity index (χ2n) is 9.10. The van der Waals surface area contributed by atoms with Gasteiger partial charge >= 0.3 is 0 Å². The molecule has 0 aliphatic heterocycles. The highest BCUT2D eigenvalue weighted by Crippen LogP contribution is 2.37. The van der Waals surface area contributed by atoms with Crippen molar-refractivity contribution in [3.63, 3.8) is 0 Å². The number of hydrogen-bond acceptors (Lipinski definition) is 2. The Hall–Kier alpha value is 0.287. The fourth-order valence-corrected chi connectivity index (χ4v) is 3.34. The predicted octanol–water partition coefficient (Wildman–Crippen LogP) is 4.47. The van der Waals surface area contributed by atoms with Crippen molar-refractivity contribution in [2.24, 2.45) is 5.92 Å². The van der Waals surface area contributed by atoms with Crippen molar-refractivity contribution in [3.05, 3.63) is 0 Å². The zero-order chi connectivity index (χ0) is 17.3. The average Bonchev–Trinajstić information content (AvgIpc) is 2.23. The van der Waals surface area contributed by atoms with Crippen LogP contribution in [-0.2, 0) is 15.4 Å². The molecule has 0 saturated heterocycles. The molecule has 0 radical (unpaired) electrons. The van der Waals surface area contributed by atoms with Crippen molar-refractivity contribution in [2.45, 2.75) is 90.7 Å². The van der Waals surface area contributed by atoms with Crippen LogP contribution < -0.4 is 4.72 Å². The average molecular weight is 336 g/mol. The third-order valence-corrected chi connectivity index (χ3v) is 10.9. The SMILES string of the molecule is CC(C)[C@@](C)(CO[Si](C)(C)C(C)(C)C)N[S@](=O)C(C)(C)C. The Bertz CT molecular complexity index is 369. The molecule has 5 heteroatoms. The standard InChI is InChI=1S/C16H37NO2SSi/c1-13(2)16(9,17-20(18)14(3,4)5)12-19-21(10,11)15(6,7)8/h13,17H,12H2,1-11H3/t16-,20-/m1/s1. The molecule has 128 valence electrons. The Morgan fingerprint density at radius 1 is 1.05 bits per heavy atom. The van der Waals surface area contributed by atoms with Gasteiger partial charge in [-0.1, -0.05) is 34.6 Å². The van der Waals surface area contributed by atoms with E-state index in [1.165, 1.54) is 0 Å². The van der Waals surface area contributed by atoms with Gasteiger partial charge < -0.3 is 4.43 Å². The quantitative estimate of drug-likeness (QED) is 0.727. The van der Waals surface area contributed by atoms with E-state index in [4.69, 9.17) is 4.43 Å². The molecule has 1 N–H and O–H groups in total. The van der Waals surface area contributed by atoms with E-state index in [0.717, 1.165) is 0 Å². The van der Waals surface area contributed by atoms with Gasteiger partial charge in [0.25, 0.3) is 0 Å².